The Labute approximate surface area is 345 Å². The van der Waals surface area contributed by atoms with E-state index in [9.17, 15) is 38.6 Å². The van der Waals surface area contributed by atoms with Crippen molar-refractivity contribution >= 4 is 54.8 Å². The second-order valence-corrected chi connectivity index (χ2v) is 15.5. The maximum absolute atomic E-state index is 15.4. The normalized spacial score (nSPS) is 16.0. The molecule has 2 aromatic carbocycles. The molecule has 0 bridgehead atoms. The van der Waals surface area contributed by atoms with Crippen LogP contribution in [0.25, 0.3) is 10.9 Å². The molecule has 1 saturated heterocycles. The van der Waals surface area contributed by atoms with Crippen LogP contribution in [0.1, 0.15) is 78.8 Å². The number of nitrogens with two attached hydrogens (primary N) is 1. The Kier molecular flexibility index (Phi) is 16.1. The molecule has 7 N–H and O–H groups in total. The Bertz CT molecular complexity index is 2130. The van der Waals surface area contributed by atoms with E-state index in [4.69, 9.17) is 19.7 Å². The Morgan fingerprint density at radius 2 is 1.93 bits per heavy atom. The van der Waals surface area contributed by atoms with Gasteiger partial charge in [0.1, 0.15) is 24.6 Å². The monoisotopic (exact) mass is 853 g/mol. The van der Waals surface area contributed by atoms with E-state index in [1.807, 2.05) is 0 Å². The highest BCUT2D eigenvalue weighted by atomic mass is 31.2. The molecular weight excluding hydrogens is 804 g/mol. The molecule has 5 amide bonds. The van der Waals surface area contributed by atoms with Gasteiger partial charge in [-0.1, -0.05) is 12.1 Å². The molecule has 3 unspecified atom stereocenters. The Hall–Kier alpha value is -5.91. The summed E-state index contributed by atoms with van der Waals surface area (Å²) < 4.78 is 31.4. The largest absolute Gasteiger partial charge is 0.488 e. The van der Waals surface area contributed by atoms with Crippen molar-refractivity contribution in [2.75, 3.05) is 26.3 Å². The van der Waals surface area contributed by atoms with Gasteiger partial charge in [-0.25, -0.2) is 4.39 Å². The summed E-state index contributed by atoms with van der Waals surface area (Å²) >= 11 is 0. The number of primary amides is 1. The SMILES string of the molecule is CC(=O)N(CC[C@H]1CCC(C(=O)NC(CCC(N)=O)COc2cccc(CCCOc3ccon3)c2F)N1C=O)CC(C)NC(=O)c1cc2cc(C(=O)P(O)O)ccc2[nH]1. The van der Waals surface area contributed by atoms with Crippen LogP contribution in [0, 0.1) is 5.82 Å². The van der Waals surface area contributed by atoms with Crippen LogP contribution < -0.4 is 25.8 Å². The van der Waals surface area contributed by atoms with Crippen LogP contribution in [0.2, 0.25) is 0 Å². The van der Waals surface area contributed by atoms with Crippen LogP contribution in [-0.2, 0) is 25.6 Å². The summed E-state index contributed by atoms with van der Waals surface area (Å²) in [7, 11) is -2.79. The summed E-state index contributed by atoms with van der Waals surface area (Å²) in [6.45, 7) is 3.62. The highest BCUT2D eigenvalue weighted by Gasteiger charge is 2.38. The molecule has 0 aliphatic carbocycles. The van der Waals surface area contributed by atoms with Crippen molar-refractivity contribution in [2.45, 2.75) is 83.0 Å². The van der Waals surface area contributed by atoms with Crippen molar-refractivity contribution in [2.24, 2.45) is 5.73 Å². The number of ether oxygens (including phenoxy) is 2. The Balaban J connectivity index is 1.12. The summed E-state index contributed by atoms with van der Waals surface area (Å²) in [5, 5.41) is 9.89. The predicted octanol–water partition coefficient (Wildman–Crippen LogP) is 2.92. The summed E-state index contributed by atoms with van der Waals surface area (Å²) in [6.07, 6.45) is 4.03. The molecule has 1 aliphatic heterocycles. The topological polar surface area (TPSA) is 260 Å². The Morgan fingerprint density at radius 3 is 2.63 bits per heavy atom. The third kappa shape index (κ3) is 12.3. The second-order valence-electron chi connectivity index (χ2n) is 14.5. The number of halogens is 1. The lowest BCUT2D eigenvalue weighted by Gasteiger charge is -2.30. The summed E-state index contributed by atoms with van der Waals surface area (Å²) in [5.41, 5.74) is 5.84. The van der Waals surface area contributed by atoms with Gasteiger partial charge in [0.2, 0.25) is 38.0 Å². The van der Waals surface area contributed by atoms with E-state index in [-0.39, 0.29) is 68.1 Å². The van der Waals surface area contributed by atoms with Gasteiger partial charge >= 0.3 is 0 Å². The van der Waals surface area contributed by atoms with Crippen molar-refractivity contribution < 1.29 is 56.9 Å². The van der Waals surface area contributed by atoms with Gasteiger partial charge in [-0.15, -0.1) is 0 Å². The molecule has 322 valence electrons. The lowest BCUT2D eigenvalue weighted by atomic mass is 10.1. The first-order valence-electron chi connectivity index (χ1n) is 19.4. The van der Waals surface area contributed by atoms with Crippen molar-refractivity contribution in [3.63, 3.8) is 0 Å². The molecule has 4 atom stereocenters. The van der Waals surface area contributed by atoms with Gasteiger partial charge in [0.05, 0.1) is 12.6 Å². The first kappa shape index (κ1) is 45.2. The van der Waals surface area contributed by atoms with Crippen LogP contribution >= 0.6 is 8.38 Å². The number of benzene rings is 2. The second kappa shape index (κ2) is 21.4. The van der Waals surface area contributed by atoms with Crippen molar-refractivity contribution in [3.8, 4) is 11.6 Å². The molecule has 1 aliphatic rings. The maximum atomic E-state index is 15.4. The molecule has 18 nitrogen and oxygen atoms in total. The summed E-state index contributed by atoms with van der Waals surface area (Å²) in [4.78, 5) is 99.9. The van der Waals surface area contributed by atoms with Crippen LogP contribution in [-0.4, -0.2) is 116 Å². The molecule has 4 aromatic rings. The zero-order valence-corrected chi connectivity index (χ0v) is 34.1. The van der Waals surface area contributed by atoms with Gasteiger partial charge < -0.3 is 54.9 Å². The maximum Gasteiger partial charge on any atom is 0.267 e. The van der Waals surface area contributed by atoms with Crippen molar-refractivity contribution in [3.05, 3.63) is 77.4 Å². The predicted molar refractivity (Wildman–Crippen MR) is 215 cm³/mol. The van der Waals surface area contributed by atoms with Gasteiger partial charge in [-0.05, 0) is 86.5 Å². The van der Waals surface area contributed by atoms with Crippen LogP contribution in [0.3, 0.4) is 0 Å². The quantitative estimate of drug-likeness (QED) is 0.0358. The van der Waals surface area contributed by atoms with Gasteiger partial charge in [0.25, 0.3) is 11.8 Å². The van der Waals surface area contributed by atoms with Crippen molar-refractivity contribution in [1.29, 1.82) is 0 Å². The third-order valence-electron chi connectivity index (χ3n) is 10.1. The van der Waals surface area contributed by atoms with E-state index in [1.165, 1.54) is 42.4 Å². The number of aryl methyl sites for hydroxylation is 1. The number of aromatic nitrogens is 2. The number of nitrogens with zero attached hydrogens (tertiary/aromatic N) is 3. The molecule has 0 saturated carbocycles. The van der Waals surface area contributed by atoms with Crippen LogP contribution in [0.5, 0.6) is 11.6 Å². The number of H-pyrrole nitrogens is 1. The number of hydrogen-bond donors (Lipinski definition) is 6. The van der Waals surface area contributed by atoms with Gasteiger partial charge in [0, 0.05) is 61.1 Å². The number of aromatic amines is 1. The Morgan fingerprint density at radius 1 is 1.13 bits per heavy atom. The fourth-order valence-corrected chi connectivity index (χ4v) is 7.43. The first-order valence-corrected chi connectivity index (χ1v) is 20.6. The van der Waals surface area contributed by atoms with Crippen LogP contribution in [0.4, 0.5) is 4.39 Å². The standard InChI is InChI=1S/C40H49FN7O11P/c1-24(43-38(52)32-20-28-19-27(40(54)60(55)56)8-11-31(28)45-32)21-47(25(2)50)16-14-30-10-12-33(48(30)23-49)39(53)44-29(9-13-35(42)51)22-58-34-7-3-5-26(37(34)41)6-4-17-57-36-15-18-59-46-36/h3,5,7-8,11,15,18-20,23-24,29-30,33,45,55-56H,4,6,9-10,12-14,16-17,21-22H2,1-2H3,(H2,42,51)(H,43,52)(H,44,53)/t24?,29?,30-,33?/m1/s1. The fourth-order valence-electron chi connectivity index (χ4n) is 7.06. The van der Waals surface area contributed by atoms with Gasteiger partial charge in [-0.3, -0.25) is 28.8 Å². The van der Waals surface area contributed by atoms with Crippen molar-refractivity contribution in [1.82, 2.24) is 30.6 Å². The minimum Gasteiger partial charge on any atom is -0.488 e. The zero-order chi connectivity index (χ0) is 43.3. The number of carbonyl (C=O) groups excluding carboxylic acids is 6. The number of likely N-dealkylation sites (tertiary alicyclic amines) is 1. The summed E-state index contributed by atoms with van der Waals surface area (Å²) in [5.74, 6) is -2.05. The zero-order valence-electron chi connectivity index (χ0n) is 33.2. The molecular formula is C40H49FN7O11P. The number of nitrogens with one attached hydrogen (secondary N) is 3. The average molecular weight is 854 g/mol. The average Bonchev–Trinajstić information content (AvgIpc) is 3.99. The van der Waals surface area contributed by atoms with Crippen LogP contribution in [0.15, 0.2) is 59.3 Å². The number of hydrogen-bond acceptors (Lipinski definition) is 12. The third-order valence-corrected chi connectivity index (χ3v) is 10.8. The molecule has 3 heterocycles. The smallest absolute Gasteiger partial charge is 0.267 e. The molecule has 60 heavy (non-hydrogen) atoms. The lowest BCUT2D eigenvalue weighted by Crippen LogP contribution is -2.50. The molecule has 2 aromatic heterocycles. The molecule has 5 rings (SSSR count). The molecule has 0 spiro atoms. The fraction of sp³-hybridized carbons (Fsp3) is 0.425. The molecule has 1 fully saturated rings. The number of carbonyl (C=O) groups is 6. The van der Waals surface area contributed by atoms with E-state index >= 15 is 4.39 Å². The van der Waals surface area contributed by atoms with E-state index in [1.54, 1.807) is 36.1 Å². The molecule has 0 radical (unpaired) electrons. The lowest BCUT2D eigenvalue weighted by molar-refractivity contribution is -0.133. The highest BCUT2D eigenvalue weighted by Crippen LogP contribution is 2.31. The first-order chi connectivity index (χ1) is 28.7. The van der Waals surface area contributed by atoms with Gasteiger partial charge in [-0.2, -0.15) is 0 Å². The highest BCUT2D eigenvalue weighted by molar-refractivity contribution is 7.65. The van der Waals surface area contributed by atoms with E-state index in [0.29, 0.717) is 60.9 Å². The van der Waals surface area contributed by atoms with E-state index < -0.39 is 55.6 Å². The number of rotatable bonds is 23. The van der Waals surface area contributed by atoms with E-state index in [0.717, 1.165) is 0 Å². The number of fused-ring (bicyclic) bond motifs is 1. The minimum absolute atomic E-state index is 0.0321. The molecule has 20 heteroatoms. The van der Waals surface area contributed by atoms with Gasteiger partial charge in [0.15, 0.2) is 11.6 Å². The van der Waals surface area contributed by atoms with E-state index in [2.05, 4.69) is 20.8 Å². The minimum atomic E-state index is -2.79. The number of amides is 5. The summed E-state index contributed by atoms with van der Waals surface area (Å²) in [6, 6.07) is 9.83.